The number of hydrogen-bond acceptors (Lipinski definition) is 4. The molecule has 0 radical (unpaired) electrons. The Morgan fingerprint density at radius 3 is 2.50 bits per heavy atom. The third kappa shape index (κ3) is 5.56. The number of carbonyl (C=O) groups excluding carboxylic acids is 1. The summed E-state index contributed by atoms with van der Waals surface area (Å²) in [7, 11) is 1.61. The van der Waals surface area contributed by atoms with Crippen LogP contribution in [0.4, 0.5) is 5.69 Å². The Bertz CT molecular complexity index is 404. The van der Waals surface area contributed by atoms with Crippen LogP contribution in [0.3, 0.4) is 0 Å². The van der Waals surface area contributed by atoms with Gasteiger partial charge in [0.15, 0.2) is 0 Å². The first kappa shape index (κ1) is 16.3. The number of rotatable bonds is 5. The molecular formula is C12H17ClN2O3. The highest BCUT2D eigenvalue weighted by Gasteiger charge is 2.02. The Balaban J connectivity index is 0.00000289. The summed E-state index contributed by atoms with van der Waals surface area (Å²) in [4.78, 5) is 11.1. The van der Waals surface area contributed by atoms with Crippen molar-refractivity contribution >= 4 is 11.7 Å². The van der Waals surface area contributed by atoms with E-state index in [-0.39, 0.29) is 12.4 Å². The maximum atomic E-state index is 11.1. The molecule has 6 heteroatoms. The second-order valence-electron chi connectivity index (χ2n) is 3.28. The van der Waals surface area contributed by atoms with Crippen molar-refractivity contribution in [3.63, 3.8) is 0 Å². The molecule has 0 fully saturated rings. The van der Waals surface area contributed by atoms with Gasteiger partial charge in [0.25, 0.3) is 0 Å². The third-order valence-electron chi connectivity index (χ3n) is 1.97. The molecule has 0 aliphatic rings. The molecule has 0 spiro atoms. The first-order valence-corrected chi connectivity index (χ1v) is 5.27. The summed E-state index contributed by atoms with van der Waals surface area (Å²) in [6, 6.07) is 7.31. The minimum absolute atomic E-state index is 0. The van der Waals surface area contributed by atoms with Crippen LogP contribution in [-0.2, 0) is 9.53 Å². The van der Waals surface area contributed by atoms with E-state index in [0.29, 0.717) is 12.4 Å². The fourth-order valence-corrected chi connectivity index (χ4v) is 1.22. The van der Waals surface area contributed by atoms with E-state index in [1.807, 2.05) is 24.3 Å². The van der Waals surface area contributed by atoms with Crippen LogP contribution in [0.15, 0.2) is 36.2 Å². The van der Waals surface area contributed by atoms with Crippen molar-refractivity contribution in [3.8, 4) is 5.75 Å². The van der Waals surface area contributed by atoms with E-state index in [4.69, 9.17) is 9.47 Å². The van der Waals surface area contributed by atoms with Gasteiger partial charge in [0, 0.05) is 5.69 Å². The number of quaternary nitrogens is 1. The number of nitrogens with one attached hydrogen (secondary N) is 1. The molecule has 0 heterocycles. The van der Waals surface area contributed by atoms with Crippen LogP contribution in [0, 0.1) is 0 Å². The normalized spacial score (nSPS) is 10.3. The summed E-state index contributed by atoms with van der Waals surface area (Å²) >= 11 is 0. The highest BCUT2D eigenvalue weighted by atomic mass is 35.5. The van der Waals surface area contributed by atoms with Crippen molar-refractivity contribution in [2.24, 2.45) is 0 Å². The predicted octanol–water partition coefficient (Wildman–Crippen LogP) is -2.24. The number of carbonyl (C=O) groups is 1. The van der Waals surface area contributed by atoms with E-state index < -0.39 is 5.97 Å². The minimum Gasteiger partial charge on any atom is -1.00 e. The van der Waals surface area contributed by atoms with Gasteiger partial charge in [-0.15, -0.1) is 0 Å². The third-order valence-corrected chi connectivity index (χ3v) is 1.97. The molecule has 18 heavy (non-hydrogen) atoms. The second-order valence-corrected chi connectivity index (χ2v) is 3.28. The largest absolute Gasteiger partial charge is 1.00 e. The number of benzene rings is 1. The predicted molar refractivity (Wildman–Crippen MR) is 64.2 cm³/mol. The molecule has 0 aliphatic carbocycles. The number of anilines is 1. The molecule has 0 saturated carbocycles. The summed E-state index contributed by atoms with van der Waals surface area (Å²) in [5.41, 5.74) is 4.55. The van der Waals surface area contributed by atoms with E-state index in [0.717, 1.165) is 11.4 Å². The molecule has 0 aromatic heterocycles. The molecular weight excluding hydrogens is 256 g/mol. The minimum atomic E-state index is -0.404. The Hall–Kier alpha value is -1.72. The van der Waals surface area contributed by atoms with Gasteiger partial charge in [0.2, 0.25) is 5.82 Å². The van der Waals surface area contributed by atoms with Crippen LogP contribution in [0.1, 0.15) is 6.92 Å². The number of ether oxygens (including phenoxy) is 2. The maximum absolute atomic E-state index is 11.1. The molecule has 100 valence electrons. The van der Waals surface area contributed by atoms with E-state index in [2.05, 4.69) is 11.1 Å². The highest BCUT2D eigenvalue weighted by Crippen LogP contribution is 2.15. The average molecular weight is 273 g/mol. The highest BCUT2D eigenvalue weighted by molar-refractivity contribution is 5.82. The smallest absolute Gasteiger partial charge is 0.338 e. The van der Waals surface area contributed by atoms with E-state index in [1.165, 1.54) is 6.08 Å². The van der Waals surface area contributed by atoms with Gasteiger partial charge < -0.3 is 32.9 Å². The summed E-state index contributed by atoms with van der Waals surface area (Å²) in [5.74, 6) is 0.850. The number of hydrogen-bond donors (Lipinski definition) is 2. The summed E-state index contributed by atoms with van der Waals surface area (Å²) < 4.78 is 9.81. The lowest BCUT2D eigenvalue weighted by Gasteiger charge is -2.04. The van der Waals surface area contributed by atoms with Crippen LogP contribution in [-0.4, -0.2) is 19.7 Å². The van der Waals surface area contributed by atoms with E-state index in [9.17, 15) is 4.79 Å². The number of methoxy groups -OCH3 is 1. The summed E-state index contributed by atoms with van der Waals surface area (Å²) in [5, 5.41) is 2.98. The van der Waals surface area contributed by atoms with Crippen molar-refractivity contribution in [1.82, 2.24) is 0 Å². The van der Waals surface area contributed by atoms with Gasteiger partial charge in [-0.25, -0.2) is 4.79 Å². The Morgan fingerprint density at radius 1 is 1.39 bits per heavy atom. The van der Waals surface area contributed by atoms with Gasteiger partial charge >= 0.3 is 5.97 Å². The molecule has 0 unspecified atom stereocenters. The Morgan fingerprint density at radius 2 is 2.00 bits per heavy atom. The standard InChI is InChI=1S/C12H16N2O3.ClH/c1-3-17-12(15)8-11(13)14-9-4-6-10(16-2)7-5-9;/h4-8,14H,3,13H2,1-2H3;1H/b11-8+;. The number of halogens is 1. The van der Waals surface area contributed by atoms with Gasteiger partial charge in [-0.05, 0) is 31.2 Å². The van der Waals surface area contributed by atoms with Gasteiger partial charge in [-0.2, -0.15) is 0 Å². The molecule has 0 amide bonds. The molecule has 1 aromatic rings. The van der Waals surface area contributed by atoms with Crippen LogP contribution in [0.2, 0.25) is 0 Å². The second kappa shape index (κ2) is 8.38. The molecule has 0 bridgehead atoms. The van der Waals surface area contributed by atoms with Gasteiger partial charge in [-0.3, -0.25) is 0 Å². The van der Waals surface area contributed by atoms with Crippen molar-refractivity contribution in [3.05, 3.63) is 36.2 Å². The lowest BCUT2D eigenvalue weighted by molar-refractivity contribution is -0.299. The first-order chi connectivity index (χ1) is 8.15. The lowest BCUT2D eigenvalue weighted by atomic mass is 10.3. The van der Waals surface area contributed by atoms with Crippen molar-refractivity contribution in [1.29, 1.82) is 0 Å². The van der Waals surface area contributed by atoms with Crippen LogP contribution in [0.5, 0.6) is 5.75 Å². The molecule has 0 aliphatic heterocycles. The zero-order chi connectivity index (χ0) is 12.7. The van der Waals surface area contributed by atoms with Gasteiger partial charge in [0.05, 0.1) is 13.7 Å². The Labute approximate surface area is 112 Å². The SMILES string of the molecule is CCOC(=O)/C=C(\[NH3+])Nc1ccc(OC)cc1.[Cl-]. The van der Waals surface area contributed by atoms with Crippen LogP contribution < -0.4 is 28.2 Å². The van der Waals surface area contributed by atoms with E-state index in [1.54, 1.807) is 14.0 Å². The molecule has 5 nitrogen and oxygen atoms in total. The van der Waals surface area contributed by atoms with Gasteiger partial charge in [0.1, 0.15) is 11.8 Å². The fourth-order valence-electron chi connectivity index (χ4n) is 1.22. The van der Waals surface area contributed by atoms with Crippen molar-refractivity contribution in [2.45, 2.75) is 6.92 Å². The summed E-state index contributed by atoms with van der Waals surface area (Å²) in [6.07, 6.45) is 1.31. The topological polar surface area (TPSA) is 75.2 Å². The van der Waals surface area contributed by atoms with E-state index >= 15 is 0 Å². The lowest BCUT2D eigenvalue weighted by Crippen LogP contribution is -3.00. The first-order valence-electron chi connectivity index (χ1n) is 5.27. The van der Waals surface area contributed by atoms with Crippen LogP contribution in [0.25, 0.3) is 0 Å². The zero-order valence-electron chi connectivity index (χ0n) is 10.4. The summed E-state index contributed by atoms with van der Waals surface area (Å²) in [6.45, 7) is 2.11. The quantitative estimate of drug-likeness (QED) is 0.469. The Kier molecular flexibility index (Phi) is 7.58. The zero-order valence-corrected chi connectivity index (χ0v) is 11.2. The van der Waals surface area contributed by atoms with Crippen molar-refractivity contribution < 1.29 is 32.4 Å². The maximum Gasteiger partial charge on any atom is 0.338 e. The molecule has 4 N–H and O–H groups in total. The molecule has 0 atom stereocenters. The monoisotopic (exact) mass is 272 g/mol. The number of esters is 1. The fraction of sp³-hybridized carbons (Fsp3) is 0.250. The van der Waals surface area contributed by atoms with Gasteiger partial charge in [-0.1, -0.05) is 0 Å². The average Bonchev–Trinajstić information content (AvgIpc) is 2.30. The molecule has 1 rings (SSSR count). The molecule has 1 aromatic carbocycles. The molecule has 0 saturated heterocycles. The van der Waals surface area contributed by atoms with Crippen molar-refractivity contribution in [2.75, 3.05) is 19.0 Å². The van der Waals surface area contributed by atoms with Crippen LogP contribution >= 0.6 is 0 Å².